The summed E-state index contributed by atoms with van der Waals surface area (Å²) in [6.45, 7) is 0.886. The van der Waals surface area contributed by atoms with Gasteiger partial charge in [0, 0.05) is 22.4 Å². The molecule has 1 atom stereocenters. The lowest BCUT2D eigenvalue weighted by Gasteiger charge is -2.11. The summed E-state index contributed by atoms with van der Waals surface area (Å²) >= 11 is 5.12. The van der Waals surface area contributed by atoms with E-state index >= 15 is 0 Å². The van der Waals surface area contributed by atoms with Crippen LogP contribution >= 0.6 is 27.7 Å². The number of anilines is 1. The molecule has 98 valence electrons. The van der Waals surface area contributed by atoms with Crippen LogP contribution in [-0.2, 0) is 6.42 Å². The number of halogens is 2. The van der Waals surface area contributed by atoms with Crippen LogP contribution in [0.15, 0.2) is 51.8 Å². The second-order valence-corrected chi connectivity index (χ2v) is 6.76. The van der Waals surface area contributed by atoms with Crippen molar-refractivity contribution in [3.63, 3.8) is 0 Å². The fourth-order valence-corrected chi connectivity index (χ4v) is 3.83. The highest BCUT2D eigenvalue weighted by atomic mass is 79.9. The number of hydrogen-bond donors (Lipinski definition) is 1. The Kier molecular flexibility index (Phi) is 3.80. The molecule has 0 saturated carbocycles. The van der Waals surface area contributed by atoms with E-state index in [4.69, 9.17) is 0 Å². The maximum absolute atomic E-state index is 13.1. The average Bonchev–Trinajstić information content (AvgIpc) is 2.83. The molecule has 1 nitrogen and oxygen atoms in total. The molecule has 0 bridgehead atoms. The fourth-order valence-electron chi connectivity index (χ4n) is 2.21. The van der Waals surface area contributed by atoms with E-state index in [9.17, 15) is 4.39 Å². The fraction of sp³-hybridized carbons (Fsp3) is 0.200. The van der Waals surface area contributed by atoms with Gasteiger partial charge in [0.25, 0.3) is 0 Å². The van der Waals surface area contributed by atoms with Gasteiger partial charge in [-0.1, -0.05) is 18.2 Å². The van der Waals surface area contributed by atoms with E-state index in [0.717, 1.165) is 18.7 Å². The van der Waals surface area contributed by atoms with Gasteiger partial charge in [0.05, 0.1) is 4.47 Å². The van der Waals surface area contributed by atoms with E-state index in [1.54, 1.807) is 12.1 Å². The molecule has 19 heavy (non-hydrogen) atoms. The first-order valence-electron chi connectivity index (χ1n) is 6.16. The van der Waals surface area contributed by atoms with Crippen LogP contribution in [0.3, 0.4) is 0 Å². The van der Waals surface area contributed by atoms with Crippen LogP contribution in [0.1, 0.15) is 5.56 Å². The molecular formula is C15H13BrFNS. The molecule has 1 aliphatic rings. The molecule has 1 heterocycles. The number of nitrogens with one attached hydrogen (secondary N) is 1. The number of thioether (sulfide) groups is 1. The van der Waals surface area contributed by atoms with Crippen molar-refractivity contribution in [2.75, 3.05) is 11.9 Å². The largest absolute Gasteiger partial charge is 0.384 e. The third-order valence-electron chi connectivity index (χ3n) is 3.17. The molecule has 3 rings (SSSR count). The van der Waals surface area contributed by atoms with Gasteiger partial charge in [0.1, 0.15) is 5.82 Å². The van der Waals surface area contributed by atoms with Gasteiger partial charge in [0.2, 0.25) is 0 Å². The standard InChI is InChI=1S/C15H13BrFNS/c16-13-8-11(5-6-14(13)17)18-9-12-7-10-3-1-2-4-15(10)19-12/h1-6,8,12,18H,7,9H2. The Morgan fingerprint density at radius 1 is 1.26 bits per heavy atom. The zero-order valence-corrected chi connectivity index (χ0v) is 12.6. The molecule has 1 aliphatic heterocycles. The minimum Gasteiger partial charge on any atom is -0.384 e. The zero-order chi connectivity index (χ0) is 13.2. The first kappa shape index (κ1) is 13.0. The van der Waals surface area contributed by atoms with Crippen LogP contribution in [-0.4, -0.2) is 11.8 Å². The summed E-state index contributed by atoms with van der Waals surface area (Å²) < 4.78 is 13.6. The van der Waals surface area contributed by atoms with Gasteiger partial charge >= 0.3 is 0 Å². The van der Waals surface area contributed by atoms with Crippen LogP contribution in [0.25, 0.3) is 0 Å². The van der Waals surface area contributed by atoms with Crippen molar-refractivity contribution >= 4 is 33.4 Å². The minimum absolute atomic E-state index is 0.229. The Morgan fingerprint density at radius 2 is 2.11 bits per heavy atom. The number of rotatable bonds is 3. The monoisotopic (exact) mass is 337 g/mol. The van der Waals surface area contributed by atoms with Crippen molar-refractivity contribution in [3.05, 3.63) is 58.3 Å². The summed E-state index contributed by atoms with van der Waals surface area (Å²) in [7, 11) is 0. The Morgan fingerprint density at radius 3 is 2.89 bits per heavy atom. The quantitative estimate of drug-likeness (QED) is 0.869. The van der Waals surface area contributed by atoms with Gasteiger partial charge in [-0.3, -0.25) is 0 Å². The highest BCUT2D eigenvalue weighted by molar-refractivity contribution is 9.10. The smallest absolute Gasteiger partial charge is 0.137 e. The van der Waals surface area contributed by atoms with Crippen molar-refractivity contribution in [1.29, 1.82) is 0 Å². The van der Waals surface area contributed by atoms with Gasteiger partial charge < -0.3 is 5.32 Å². The second kappa shape index (κ2) is 5.55. The van der Waals surface area contributed by atoms with Crippen LogP contribution in [0.2, 0.25) is 0 Å². The van der Waals surface area contributed by atoms with Crippen LogP contribution in [0, 0.1) is 5.82 Å². The van der Waals surface area contributed by atoms with E-state index in [0.29, 0.717) is 9.72 Å². The summed E-state index contributed by atoms with van der Waals surface area (Å²) in [4.78, 5) is 1.38. The molecule has 0 spiro atoms. The molecule has 2 aromatic rings. The van der Waals surface area contributed by atoms with Gasteiger partial charge in [-0.05, 0) is 52.2 Å². The summed E-state index contributed by atoms with van der Waals surface area (Å²) in [5.74, 6) is -0.229. The number of benzene rings is 2. The molecule has 2 aromatic carbocycles. The molecule has 1 N–H and O–H groups in total. The van der Waals surface area contributed by atoms with Crippen molar-refractivity contribution < 1.29 is 4.39 Å². The van der Waals surface area contributed by atoms with E-state index in [1.807, 2.05) is 11.8 Å². The summed E-state index contributed by atoms with van der Waals surface area (Å²) in [6, 6.07) is 13.6. The Labute approximate surface area is 124 Å². The Hall–Kier alpha value is -1.000. The minimum atomic E-state index is -0.229. The van der Waals surface area contributed by atoms with E-state index < -0.39 is 0 Å². The third-order valence-corrected chi connectivity index (χ3v) is 5.09. The molecule has 0 radical (unpaired) electrons. The lowest BCUT2D eigenvalue weighted by atomic mass is 10.1. The van der Waals surface area contributed by atoms with Crippen molar-refractivity contribution in [2.45, 2.75) is 16.6 Å². The first-order chi connectivity index (χ1) is 9.22. The van der Waals surface area contributed by atoms with E-state index in [-0.39, 0.29) is 5.82 Å². The normalized spacial score (nSPS) is 17.3. The van der Waals surface area contributed by atoms with Gasteiger partial charge in [0.15, 0.2) is 0 Å². The molecule has 0 aromatic heterocycles. The van der Waals surface area contributed by atoms with Crippen LogP contribution < -0.4 is 5.32 Å². The second-order valence-electron chi connectivity index (χ2n) is 4.56. The first-order valence-corrected chi connectivity index (χ1v) is 7.83. The summed E-state index contributed by atoms with van der Waals surface area (Å²) in [6.07, 6.45) is 1.09. The number of hydrogen-bond acceptors (Lipinski definition) is 2. The Bertz CT molecular complexity index is 577. The van der Waals surface area contributed by atoms with Gasteiger partial charge in [-0.25, -0.2) is 4.39 Å². The third kappa shape index (κ3) is 2.95. The van der Waals surface area contributed by atoms with Crippen molar-refractivity contribution in [3.8, 4) is 0 Å². The highest BCUT2D eigenvalue weighted by Crippen LogP contribution is 2.36. The van der Waals surface area contributed by atoms with Gasteiger partial charge in [-0.2, -0.15) is 0 Å². The topological polar surface area (TPSA) is 12.0 Å². The van der Waals surface area contributed by atoms with Gasteiger partial charge in [-0.15, -0.1) is 11.8 Å². The maximum atomic E-state index is 13.1. The molecule has 0 fully saturated rings. The van der Waals surface area contributed by atoms with Crippen molar-refractivity contribution in [2.24, 2.45) is 0 Å². The Balaban J connectivity index is 1.61. The van der Waals surface area contributed by atoms with E-state index in [2.05, 4.69) is 45.5 Å². The molecule has 0 aliphatic carbocycles. The molecule has 0 amide bonds. The molecule has 1 unspecified atom stereocenters. The molecular weight excluding hydrogens is 325 g/mol. The number of fused-ring (bicyclic) bond motifs is 1. The maximum Gasteiger partial charge on any atom is 0.137 e. The predicted octanol–water partition coefficient (Wildman–Crippen LogP) is 4.72. The molecule has 4 heteroatoms. The lowest BCUT2D eigenvalue weighted by Crippen LogP contribution is -2.15. The summed E-state index contributed by atoms with van der Waals surface area (Å²) in [5.41, 5.74) is 2.38. The van der Waals surface area contributed by atoms with E-state index in [1.165, 1.54) is 16.5 Å². The average molecular weight is 338 g/mol. The van der Waals surface area contributed by atoms with Crippen LogP contribution in [0.5, 0.6) is 0 Å². The zero-order valence-electron chi connectivity index (χ0n) is 10.2. The highest BCUT2D eigenvalue weighted by Gasteiger charge is 2.21. The molecule has 0 saturated heterocycles. The predicted molar refractivity (Wildman–Crippen MR) is 82.4 cm³/mol. The van der Waals surface area contributed by atoms with Crippen molar-refractivity contribution in [1.82, 2.24) is 0 Å². The summed E-state index contributed by atoms with van der Waals surface area (Å²) in [5, 5.41) is 3.91. The SMILES string of the molecule is Fc1ccc(NCC2Cc3ccccc3S2)cc1Br. The van der Waals surface area contributed by atoms with Crippen LogP contribution in [0.4, 0.5) is 10.1 Å². The lowest BCUT2D eigenvalue weighted by molar-refractivity contribution is 0.621.